The third-order valence-corrected chi connectivity index (χ3v) is 11.0. The molecule has 0 atom stereocenters. The molecule has 0 saturated carbocycles. The number of nitrogens with two attached hydrogens (primary N) is 2. The number of nitrogen functional groups attached to an aromatic ring is 2. The summed E-state index contributed by atoms with van der Waals surface area (Å²) in [6.45, 7) is 4.42. The minimum Gasteiger partial charge on any atom is -0.399 e. The second-order valence-electron chi connectivity index (χ2n) is 15.3. The monoisotopic (exact) mass is 687 g/mol. The number of aryl methyl sites for hydroxylation is 4. The van der Waals surface area contributed by atoms with E-state index in [-0.39, 0.29) is 0 Å². The van der Waals surface area contributed by atoms with E-state index in [2.05, 4.69) is 86.6 Å². The molecule has 4 aromatic rings. The summed E-state index contributed by atoms with van der Waals surface area (Å²) in [5, 5.41) is 0. The van der Waals surface area contributed by atoms with Crippen molar-refractivity contribution < 1.29 is 0 Å². The zero-order chi connectivity index (χ0) is 35.9. The van der Waals surface area contributed by atoms with Crippen molar-refractivity contribution in [2.24, 2.45) is 0 Å². The summed E-state index contributed by atoms with van der Waals surface area (Å²) in [7, 11) is 0. The van der Waals surface area contributed by atoms with Crippen LogP contribution in [0.2, 0.25) is 0 Å². The van der Waals surface area contributed by atoms with Crippen molar-refractivity contribution in [2.45, 2.75) is 162 Å². The molecule has 51 heavy (non-hydrogen) atoms. The van der Waals surface area contributed by atoms with Crippen LogP contribution in [0.25, 0.3) is 0 Å². The molecule has 0 spiro atoms. The topological polar surface area (TPSA) is 52.0 Å². The van der Waals surface area contributed by atoms with Crippen LogP contribution in [-0.2, 0) is 38.5 Å². The predicted molar refractivity (Wildman–Crippen MR) is 225 cm³/mol. The van der Waals surface area contributed by atoms with Gasteiger partial charge in [0.05, 0.1) is 0 Å². The van der Waals surface area contributed by atoms with Crippen LogP contribution in [0.3, 0.4) is 0 Å². The average Bonchev–Trinajstić information content (AvgIpc) is 3.15. The largest absolute Gasteiger partial charge is 0.399 e. The molecule has 4 rings (SSSR count). The van der Waals surface area contributed by atoms with E-state index in [1.54, 1.807) is 0 Å². The van der Waals surface area contributed by atoms with Crippen LogP contribution < -0.4 is 11.5 Å². The van der Waals surface area contributed by atoms with Crippen LogP contribution in [0.5, 0.6) is 0 Å². The van der Waals surface area contributed by atoms with Gasteiger partial charge in [-0.05, 0) is 120 Å². The summed E-state index contributed by atoms with van der Waals surface area (Å²) >= 11 is 0. The number of hydrogen-bond acceptors (Lipinski definition) is 2. The summed E-state index contributed by atoms with van der Waals surface area (Å²) in [5.41, 5.74) is 25.0. The Morgan fingerprint density at radius 1 is 0.314 bits per heavy atom. The third-order valence-electron chi connectivity index (χ3n) is 11.0. The molecule has 0 radical (unpaired) electrons. The van der Waals surface area contributed by atoms with Crippen LogP contribution in [0.15, 0.2) is 84.9 Å². The van der Waals surface area contributed by atoms with Gasteiger partial charge in [0, 0.05) is 11.4 Å². The number of benzene rings is 4. The number of unbranched alkanes of at least 4 members (excludes halogenated alkanes) is 16. The van der Waals surface area contributed by atoms with E-state index < -0.39 is 0 Å². The lowest BCUT2D eigenvalue weighted by molar-refractivity contribution is 0.525. The van der Waals surface area contributed by atoms with Crippen LogP contribution in [0.4, 0.5) is 11.4 Å². The molecule has 0 bridgehead atoms. The summed E-state index contributed by atoms with van der Waals surface area (Å²) in [5.74, 6) is 0. The molecule has 276 valence electrons. The summed E-state index contributed by atoms with van der Waals surface area (Å²) < 4.78 is 0. The van der Waals surface area contributed by atoms with Crippen LogP contribution in [-0.4, -0.2) is 0 Å². The number of rotatable bonds is 26. The average molecular weight is 687 g/mol. The molecule has 4 N–H and O–H groups in total. The van der Waals surface area contributed by atoms with E-state index in [0.29, 0.717) is 0 Å². The Morgan fingerprint density at radius 2 is 0.588 bits per heavy atom. The molecular weight excluding hydrogens is 617 g/mol. The first-order chi connectivity index (χ1) is 25.0. The molecule has 0 aliphatic carbocycles. The van der Waals surface area contributed by atoms with Crippen molar-refractivity contribution in [1.82, 2.24) is 0 Å². The van der Waals surface area contributed by atoms with Gasteiger partial charge in [-0.1, -0.05) is 171 Å². The SMILES string of the molecule is CCc1cc(N)ccc1Cc1ccc(CCCCCCCCCCCCCCCCCCCc2ccc(Cc3ccc(N)cc3CC)cc2)cc1. The zero-order valence-corrected chi connectivity index (χ0v) is 32.5. The van der Waals surface area contributed by atoms with E-state index in [1.165, 1.54) is 167 Å². The normalized spacial score (nSPS) is 11.3. The van der Waals surface area contributed by atoms with Gasteiger partial charge in [0.2, 0.25) is 0 Å². The fourth-order valence-electron chi connectivity index (χ4n) is 7.69. The summed E-state index contributed by atoms with van der Waals surface area (Å²) in [6.07, 6.45) is 30.4. The molecule has 0 aliphatic heterocycles. The Bertz CT molecular complexity index is 1390. The van der Waals surface area contributed by atoms with Crippen molar-refractivity contribution >= 4 is 11.4 Å². The molecule has 2 nitrogen and oxygen atoms in total. The van der Waals surface area contributed by atoms with E-state index in [4.69, 9.17) is 11.5 Å². The van der Waals surface area contributed by atoms with E-state index in [1.807, 2.05) is 12.1 Å². The van der Waals surface area contributed by atoms with Crippen molar-refractivity contribution in [1.29, 1.82) is 0 Å². The second kappa shape index (κ2) is 23.9. The highest BCUT2D eigenvalue weighted by Gasteiger charge is 2.06. The maximum Gasteiger partial charge on any atom is 0.0316 e. The number of anilines is 2. The van der Waals surface area contributed by atoms with Gasteiger partial charge in [0.15, 0.2) is 0 Å². The molecule has 0 saturated heterocycles. The van der Waals surface area contributed by atoms with Gasteiger partial charge < -0.3 is 11.5 Å². The third kappa shape index (κ3) is 15.7. The van der Waals surface area contributed by atoms with E-state index >= 15 is 0 Å². The van der Waals surface area contributed by atoms with Gasteiger partial charge in [-0.2, -0.15) is 0 Å². The summed E-state index contributed by atoms with van der Waals surface area (Å²) in [4.78, 5) is 0. The lowest BCUT2D eigenvalue weighted by Gasteiger charge is -2.10. The van der Waals surface area contributed by atoms with Gasteiger partial charge in [0.25, 0.3) is 0 Å². The lowest BCUT2D eigenvalue weighted by Crippen LogP contribution is -1.97. The predicted octanol–water partition coefficient (Wildman–Crippen LogP) is 13.6. The fraction of sp³-hybridized carbons (Fsp3) is 0.510. The number of hydrogen-bond donors (Lipinski definition) is 2. The minimum absolute atomic E-state index is 0.867. The molecule has 0 fully saturated rings. The highest BCUT2D eigenvalue weighted by atomic mass is 14.5. The molecule has 4 aromatic carbocycles. The summed E-state index contributed by atoms with van der Waals surface area (Å²) in [6, 6.07) is 31.4. The Balaban J connectivity index is 0.891. The maximum absolute atomic E-state index is 5.98. The molecule has 0 aromatic heterocycles. The van der Waals surface area contributed by atoms with Gasteiger partial charge >= 0.3 is 0 Å². The molecule has 0 aliphatic rings. The minimum atomic E-state index is 0.867. The van der Waals surface area contributed by atoms with E-state index in [0.717, 1.165) is 37.1 Å². The Hall–Kier alpha value is -3.52. The quantitative estimate of drug-likeness (QED) is 0.0510. The molecule has 2 heteroatoms. The van der Waals surface area contributed by atoms with Crippen molar-refractivity contribution in [2.75, 3.05) is 11.5 Å². The highest BCUT2D eigenvalue weighted by Crippen LogP contribution is 2.21. The smallest absolute Gasteiger partial charge is 0.0316 e. The molecule has 0 heterocycles. The lowest BCUT2D eigenvalue weighted by atomic mass is 9.96. The fourth-order valence-corrected chi connectivity index (χ4v) is 7.69. The Kier molecular flexibility index (Phi) is 18.8. The first kappa shape index (κ1) is 40.3. The van der Waals surface area contributed by atoms with Gasteiger partial charge in [-0.25, -0.2) is 0 Å². The highest BCUT2D eigenvalue weighted by molar-refractivity contribution is 5.47. The first-order valence-electron chi connectivity index (χ1n) is 20.9. The van der Waals surface area contributed by atoms with Gasteiger partial charge in [0.1, 0.15) is 0 Å². The molecule has 0 unspecified atom stereocenters. The Morgan fingerprint density at radius 3 is 0.882 bits per heavy atom. The first-order valence-corrected chi connectivity index (χ1v) is 20.9. The van der Waals surface area contributed by atoms with Crippen LogP contribution in [0.1, 0.15) is 168 Å². The van der Waals surface area contributed by atoms with Gasteiger partial charge in [-0.3, -0.25) is 0 Å². The zero-order valence-electron chi connectivity index (χ0n) is 32.5. The maximum atomic E-state index is 5.98. The van der Waals surface area contributed by atoms with E-state index in [9.17, 15) is 0 Å². The standard InChI is InChI=1S/C49H70N2/c1-3-44-38-48(50)34-32-46(44)36-42-28-24-40(25-29-42)22-20-18-16-14-12-10-8-6-5-7-9-11-13-15-17-19-21-23-41-26-30-43(31-27-41)37-47-33-35-49(51)39-45(47)4-2/h24-35,38-39H,3-23,36-37,50-51H2,1-2H3. The van der Waals surface area contributed by atoms with Crippen molar-refractivity contribution in [3.8, 4) is 0 Å². The molecular formula is C49H70N2. The van der Waals surface area contributed by atoms with Crippen LogP contribution in [0, 0.1) is 0 Å². The van der Waals surface area contributed by atoms with Gasteiger partial charge in [-0.15, -0.1) is 0 Å². The van der Waals surface area contributed by atoms with Crippen LogP contribution >= 0.6 is 0 Å². The molecule has 0 amide bonds. The van der Waals surface area contributed by atoms with Crippen molar-refractivity contribution in [3.05, 3.63) is 129 Å². The second-order valence-corrected chi connectivity index (χ2v) is 15.3. The van der Waals surface area contributed by atoms with Crippen molar-refractivity contribution in [3.63, 3.8) is 0 Å². The Labute approximate surface area is 312 Å².